The van der Waals surface area contributed by atoms with Gasteiger partial charge in [0, 0.05) is 43.8 Å². The molecule has 21 heavy (non-hydrogen) atoms. The van der Waals surface area contributed by atoms with Crippen molar-refractivity contribution in [2.45, 2.75) is 6.42 Å². The van der Waals surface area contributed by atoms with E-state index < -0.39 is 0 Å². The summed E-state index contributed by atoms with van der Waals surface area (Å²) in [5.41, 5.74) is 0.892. The quantitative estimate of drug-likeness (QED) is 0.644. The number of nitro benzene ring substituents is 1. The van der Waals surface area contributed by atoms with E-state index in [4.69, 9.17) is 0 Å². The van der Waals surface area contributed by atoms with Crippen molar-refractivity contribution in [2.24, 2.45) is 0 Å². The van der Waals surface area contributed by atoms with Crippen LogP contribution in [0.1, 0.15) is 6.42 Å². The normalized spacial score (nSPS) is 15.8. The number of benzene rings is 1. The number of aromatic nitrogens is 1. The molecule has 0 aliphatic carbocycles. The van der Waals surface area contributed by atoms with Crippen LogP contribution in [0.3, 0.4) is 0 Å². The van der Waals surface area contributed by atoms with E-state index in [-0.39, 0.29) is 10.6 Å². The molecule has 0 amide bonds. The summed E-state index contributed by atoms with van der Waals surface area (Å²) in [6.45, 7) is 3.36. The maximum atomic E-state index is 11.2. The van der Waals surface area contributed by atoms with Crippen LogP contribution in [0.15, 0.2) is 35.8 Å². The third-order valence-electron chi connectivity index (χ3n) is 3.60. The highest BCUT2D eigenvalue weighted by atomic mass is 32.1. The number of rotatable bonds is 3. The Morgan fingerprint density at radius 3 is 2.67 bits per heavy atom. The molecule has 2 aromatic rings. The highest BCUT2D eigenvalue weighted by Crippen LogP contribution is 2.29. The number of hydrogen-bond acceptors (Lipinski definition) is 6. The van der Waals surface area contributed by atoms with Crippen LogP contribution in [0.2, 0.25) is 0 Å². The van der Waals surface area contributed by atoms with Crippen molar-refractivity contribution in [1.82, 2.24) is 4.98 Å². The molecule has 1 aromatic heterocycles. The van der Waals surface area contributed by atoms with Crippen LogP contribution in [0.4, 0.5) is 16.5 Å². The maximum Gasteiger partial charge on any atom is 0.292 e. The minimum Gasteiger partial charge on any atom is -0.364 e. The van der Waals surface area contributed by atoms with Gasteiger partial charge in [-0.15, -0.1) is 11.3 Å². The predicted molar refractivity (Wildman–Crippen MR) is 84.3 cm³/mol. The number of nitrogens with zero attached hydrogens (tertiary/aromatic N) is 4. The maximum absolute atomic E-state index is 11.2. The zero-order valence-electron chi connectivity index (χ0n) is 11.5. The average molecular weight is 304 g/mol. The number of thiazole rings is 1. The molecule has 0 saturated carbocycles. The van der Waals surface area contributed by atoms with E-state index in [0.29, 0.717) is 5.69 Å². The van der Waals surface area contributed by atoms with Crippen LogP contribution in [-0.2, 0) is 0 Å². The molecule has 6 nitrogen and oxygen atoms in total. The third-order valence-corrected chi connectivity index (χ3v) is 4.44. The van der Waals surface area contributed by atoms with E-state index in [9.17, 15) is 10.1 Å². The lowest BCUT2D eigenvalue weighted by Gasteiger charge is -2.23. The molecular formula is C14H16N4O2S. The van der Waals surface area contributed by atoms with E-state index in [0.717, 1.165) is 37.7 Å². The zero-order valence-corrected chi connectivity index (χ0v) is 12.3. The summed E-state index contributed by atoms with van der Waals surface area (Å²) in [6.07, 6.45) is 2.77. The second kappa shape index (κ2) is 6.09. The molecule has 0 N–H and O–H groups in total. The highest BCUT2D eigenvalue weighted by molar-refractivity contribution is 7.13. The molecule has 1 aliphatic rings. The Balaban J connectivity index is 1.78. The van der Waals surface area contributed by atoms with Gasteiger partial charge in [0.25, 0.3) is 5.69 Å². The SMILES string of the molecule is O=[N+]([O-])c1ccccc1N1CCCN(c2nccs2)CC1. The van der Waals surface area contributed by atoms with Gasteiger partial charge in [-0.25, -0.2) is 4.98 Å². The summed E-state index contributed by atoms with van der Waals surface area (Å²) in [5, 5.41) is 14.2. The fourth-order valence-electron chi connectivity index (χ4n) is 2.61. The molecule has 2 heterocycles. The standard InChI is InChI=1S/C14H16N4O2S/c19-18(20)13-5-2-1-4-12(13)16-7-3-8-17(10-9-16)14-15-6-11-21-14/h1-2,4-6,11H,3,7-10H2. The Morgan fingerprint density at radius 1 is 1.14 bits per heavy atom. The second-order valence-corrected chi connectivity index (χ2v) is 5.76. The highest BCUT2D eigenvalue weighted by Gasteiger charge is 2.22. The van der Waals surface area contributed by atoms with Crippen molar-refractivity contribution in [1.29, 1.82) is 0 Å². The smallest absolute Gasteiger partial charge is 0.292 e. The van der Waals surface area contributed by atoms with Crippen molar-refractivity contribution in [3.8, 4) is 0 Å². The molecule has 0 unspecified atom stereocenters. The number of anilines is 2. The lowest BCUT2D eigenvalue weighted by molar-refractivity contribution is -0.384. The monoisotopic (exact) mass is 304 g/mol. The first-order valence-corrected chi connectivity index (χ1v) is 7.76. The summed E-state index contributed by atoms with van der Waals surface area (Å²) in [5.74, 6) is 0. The van der Waals surface area contributed by atoms with Crippen molar-refractivity contribution < 1.29 is 4.92 Å². The van der Waals surface area contributed by atoms with E-state index in [1.165, 1.54) is 0 Å². The molecule has 7 heteroatoms. The van der Waals surface area contributed by atoms with Crippen LogP contribution >= 0.6 is 11.3 Å². The van der Waals surface area contributed by atoms with Crippen molar-refractivity contribution in [3.63, 3.8) is 0 Å². The average Bonchev–Trinajstić information content (AvgIpc) is 2.92. The van der Waals surface area contributed by atoms with Gasteiger partial charge in [-0.05, 0) is 12.5 Å². The van der Waals surface area contributed by atoms with Gasteiger partial charge in [0.15, 0.2) is 5.13 Å². The van der Waals surface area contributed by atoms with Crippen LogP contribution in [0.5, 0.6) is 0 Å². The summed E-state index contributed by atoms with van der Waals surface area (Å²) in [7, 11) is 0. The molecule has 1 saturated heterocycles. The van der Waals surface area contributed by atoms with Gasteiger partial charge >= 0.3 is 0 Å². The van der Waals surface area contributed by atoms with Gasteiger partial charge in [0.1, 0.15) is 5.69 Å². The molecule has 0 radical (unpaired) electrons. The van der Waals surface area contributed by atoms with Crippen LogP contribution in [0, 0.1) is 10.1 Å². The molecule has 0 bridgehead atoms. The number of nitro groups is 1. The largest absolute Gasteiger partial charge is 0.364 e. The Kier molecular flexibility index (Phi) is 4.01. The molecular weight excluding hydrogens is 288 g/mol. The fourth-order valence-corrected chi connectivity index (χ4v) is 3.30. The minimum atomic E-state index is -0.307. The molecule has 1 aliphatic heterocycles. The van der Waals surface area contributed by atoms with Crippen LogP contribution in [-0.4, -0.2) is 36.1 Å². The number of hydrogen-bond donors (Lipinski definition) is 0. The van der Waals surface area contributed by atoms with Crippen molar-refractivity contribution >= 4 is 27.8 Å². The van der Waals surface area contributed by atoms with Crippen molar-refractivity contribution in [2.75, 3.05) is 36.0 Å². The first-order valence-electron chi connectivity index (χ1n) is 6.88. The summed E-state index contributed by atoms with van der Waals surface area (Å²) in [6, 6.07) is 6.96. The molecule has 0 spiro atoms. The summed E-state index contributed by atoms with van der Waals surface area (Å²) in [4.78, 5) is 19.6. The van der Waals surface area contributed by atoms with Gasteiger partial charge in [-0.2, -0.15) is 0 Å². The van der Waals surface area contributed by atoms with Gasteiger partial charge in [-0.3, -0.25) is 10.1 Å². The zero-order chi connectivity index (χ0) is 14.7. The summed E-state index contributed by atoms with van der Waals surface area (Å²) >= 11 is 1.63. The van der Waals surface area contributed by atoms with E-state index in [1.807, 2.05) is 23.7 Å². The Labute approximate surface area is 126 Å². The predicted octanol–water partition coefficient (Wildman–Crippen LogP) is 2.77. The van der Waals surface area contributed by atoms with E-state index >= 15 is 0 Å². The van der Waals surface area contributed by atoms with Gasteiger partial charge < -0.3 is 9.80 Å². The molecule has 110 valence electrons. The molecule has 0 atom stereocenters. The summed E-state index contributed by atoms with van der Waals surface area (Å²) < 4.78 is 0. The first-order chi connectivity index (χ1) is 10.3. The lowest BCUT2D eigenvalue weighted by Crippen LogP contribution is -2.30. The molecule has 1 fully saturated rings. The second-order valence-electron chi connectivity index (χ2n) is 4.89. The Bertz CT molecular complexity index is 617. The van der Waals surface area contributed by atoms with Crippen LogP contribution < -0.4 is 9.80 Å². The third kappa shape index (κ3) is 2.97. The minimum absolute atomic E-state index is 0.181. The first kappa shape index (κ1) is 13.8. The van der Waals surface area contributed by atoms with Gasteiger partial charge in [0.2, 0.25) is 0 Å². The molecule has 1 aromatic carbocycles. The number of para-hydroxylation sites is 2. The fraction of sp³-hybridized carbons (Fsp3) is 0.357. The topological polar surface area (TPSA) is 62.5 Å². The van der Waals surface area contributed by atoms with Gasteiger partial charge in [-0.1, -0.05) is 12.1 Å². The van der Waals surface area contributed by atoms with Crippen LogP contribution in [0.25, 0.3) is 0 Å². The van der Waals surface area contributed by atoms with Crippen molar-refractivity contribution in [3.05, 3.63) is 46.0 Å². The van der Waals surface area contributed by atoms with E-state index in [1.54, 1.807) is 23.5 Å². The van der Waals surface area contributed by atoms with Gasteiger partial charge in [0.05, 0.1) is 4.92 Å². The molecule has 3 rings (SSSR count). The Hall–Kier alpha value is -2.15. The van der Waals surface area contributed by atoms with E-state index in [2.05, 4.69) is 14.8 Å². The lowest BCUT2D eigenvalue weighted by atomic mass is 10.2. The Morgan fingerprint density at radius 2 is 1.90 bits per heavy atom.